The van der Waals surface area contributed by atoms with Gasteiger partial charge in [-0.05, 0) is 43.0 Å². The highest BCUT2D eigenvalue weighted by Crippen LogP contribution is 2.26. The van der Waals surface area contributed by atoms with Gasteiger partial charge in [0.05, 0.1) is 19.1 Å². The minimum Gasteiger partial charge on any atom is -0.496 e. The van der Waals surface area contributed by atoms with Crippen LogP contribution >= 0.6 is 15.9 Å². The Kier molecular flexibility index (Phi) is 9.96. The quantitative estimate of drug-likeness (QED) is 0.362. The number of alkyl halides is 3. The Labute approximate surface area is 199 Å². The van der Waals surface area contributed by atoms with Crippen molar-refractivity contribution in [1.82, 2.24) is 9.55 Å². The SMILES string of the molecule is CCCCc1c(-c2ccc(Br)cc2)ncn1CCc1ccccc1OC.O=C(O)C(F)(F)F. The second kappa shape index (κ2) is 12.4. The van der Waals surface area contributed by atoms with Crippen LogP contribution in [0.4, 0.5) is 13.2 Å². The number of hydrogen-bond acceptors (Lipinski definition) is 3. The number of imidazole rings is 1. The Morgan fingerprint density at radius 1 is 1.12 bits per heavy atom. The van der Waals surface area contributed by atoms with E-state index in [2.05, 4.69) is 63.8 Å². The van der Waals surface area contributed by atoms with Crippen LogP contribution in [-0.4, -0.2) is 33.9 Å². The second-order valence-corrected chi connectivity index (χ2v) is 8.12. The van der Waals surface area contributed by atoms with Crippen LogP contribution in [0, 0.1) is 0 Å². The van der Waals surface area contributed by atoms with Gasteiger partial charge in [0.2, 0.25) is 0 Å². The number of rotatable bonds is 8. The summed E-state index contributed by atoms with van der Waals surface area (Å²) in [4.78, 5) is 13.6. The number of unbranched alkanes of at least 4 members (excludes halogenated alkanes) is 1. The van der Waals surface area contributed by atoms with Gasteiger partial charge < -0.3 is 14.4 Å². The summed E-state index contributed by atoms with van der Waals surface area (Å²) in [5, 5.41) is 7.12. The van der Waals surface area contributed by atoms with Crippen LogP contribution in [0.15, 0.2) is 59.3 Å². The summed E-state index contributed by atoms with van der Waals surface area (Å²) >= 11 is 3.51. The van der Waals surface area contributed by atoms with Crippen LogP contribution in [0.25, 0.3) is 11.3 Å². The van der Waals surface area contributed by atoms with Gasteiger partial charge in [-0.1, -0.05) is 59.6 Å². The summed E-state index contributed by atoms with van der Waals surface area (Å²) in [5.74, 6) is -1.80. The molecule has 2 aromatic carbocycles. The maximum absolute atomic E-state index is 10.6. The molecule has 0 aliphatic heterocycles. The standard InChI is InChI=1S/C22H25BrN2O.C2HF3O2/c1-3-4-8-20-22(18-10-12-19(23)13-11-18)24-16-25(20)15-14-17-7-5-6-9-21(17)26-2;3-2(4,5)1(6)7/h5-7,9-13,16H,3-4,8,14-15H2,1-2H3;(H,6,7). The van der Waals surface area contributed by atoms with Crippen molar-refractivity contribution in [3.63, 3.8) is 0 Å². The monoisotopic (exact) mass is 526 g/mol. The first-order valence-corrected chi connectivity index (χ1v) is 11.2. The summed E-state index contributed by atoms with van der Waals surface area (Å²) in [5.41, 5.74) is 4.83. The van der Waals surface area contributed by atoms with Crippen molar-refractivity contribution in [2.45, 2.75) is 45.3 Å². The Bertz CT molecular complexity index is 1030. The largest absolute Gasteiger partial charge is 0.496 e. The molecule has 3 aromatic rings. The number of carboxylic acids is 1. The lowest BCUT2D eigenvalue weighted by Crippen LogP contribution is -2.21. The van der Waals surface area contributed by atoms with Crippen molar-refractivity contribution in [3.8, 4) is 17.0 Å². The third-order valence-electron chi connectivity index (χ3n) is 4.89. The van der Waals surface area contributed by atoms with Gasteiger partial charge in [-0.15, -0.1) is 0 Å². The van der Waals surface area contributed by atoms with Crippen molar-refractivity contribution in [2.75, 3.05) is 7.11 Å². The highest BCUT2D eigenvalue weighted by atomic mass is 79.9. The van der Waals surface area contributed by atoms with E-state index in [9.17, 15) is 13.2 Å². The number of para-hydroxylation sites is 1. The minimum absolute atomic E-state index is 0.906. The van der Waals surface area contributed by atoms with Crippen LogP contribution in [0.1, 0.15) is 31.0 Å². The molecule has 0 amide bonds. The van der Waals surface area contributed by atoms with E-state index >= 15 is 0 Å². The van der Waals surface area contributed by atoms with Crippen LogP contribution in [0.3, 0.4) is 0 Å². The molecule has 0 fully saturated rings. The number of carbonyl (C=O) groups is 1. The number of halogens is 4. The summed E-state index contributed by atoms with van der Waals surface area (Å²) in [6.07, 6.45) is 1.23. The molecule has 1 heterocycles. The van der Waals surface area contributed by atoms with E-state index in [1.807, 2.05) is 18.5 Å². The third-order valence-corrected chi connectivity index (χ3v) is 5.42. The summed E-state index contributed by atoms with van der Waals surface area (Å²) < 4.78 is 40.6. The normalized spacial score (nSPS) is 11.0. The second-order valence-electron chi connectivity index (χ2n) is 7.21. The van der Waals surface area contributed by atoms with Gasteiger partial charge in [0, 0.05) is 22.3 Å². The van der Waals surface area contributed by atoms with E-state index in [4.69, 9.17) is 19.6 Å². The zero-order valence-electron chi connectivity index (χ0n) is 18.4. The smallest absolute Gasteiger partial charge is 0.490 e. The molecule has 0 atom stereocenters. The fourth-order valence-electron chi connectivity index (χ4n) is 3.21. The first kappa shape index (κ1) is 26.4. The topological polar surface area (TPSA) is 64.4 Å². The average Bonchev–Trinajstić information content (AvgIpc) is 3.19. The van der Waals surface area contributed by atoms with Crippen molar-refractivity contribution in [3.05, 3.63) is 70.6 Å². The highest BCUT2D eigenvalue weighted by molar-refractivity contribution is 9.10. The molecule has 0 bridgehead atoms. The fourth-order valence-corrected chi connectivity index (χ4v) is 3.47. The van der Waals surface area contributed by atoms with E-state index < -0.39 is 12.1 Å². The van der Waals surface area contributed by atoms with Crippen molar-refractivity contribution < 1.29 is 27.8 Å². The minimum atomic E-state index is -5.08. The number of aromatic nitrogens is 2. The number of aliphatic carboxylic acids is 1. The number of methoxy groups -OCH3 is 1. The van der Waals surface area contributed by atoms with E-state index in [1.165, 1.54) is 29.7 Å². The van der Waals surface area contributed by atoms with Gasteiger partial charge in [0.1, 0.15) is 5.75 Å². The van der Waals surface area contributed by atoms with Crippen LogP contribution in [0.5, 0.6) is 5.75 Å². The van der Waals surface area contributed by atoms with Crippen LogP contribution in [0.2, 0.25) is 0 Å². The molecule has 0 aliphatic rings. The maximum atomic E-state index is 10.6. The lowest BCUT2D eigenvalue weighted by atomic mass is 10.1. The summed E-state index contributed by atoms with van der Waals surface area (Å²) in [6, 6.07) is 16.7. The fraction of sp³-hybridized carbons (Fsp3) is 0.333. The van der Waals surface area contributed by atoms with Gasteiger partial charge in [-0.25, -0.2) is 9.78 Å². The van der Waals surface area contributed by atoms with Gasteiger partial charge in [0.15, 0.2) is 0 Å². The number of nitrogens with zero attached hydrogens (tertiary/aromatic N) is 2. The molecule has 0 spiro atoms. The van der Waals surface area contributed by atoms with Crippen molar-refractivity contribution in [1.29, 1.82) is 0 Å². The molecule has 33 heavy (non-hydrogen) atoms. The Morgan fingerprint density at radius 2 is 1.76 bits per heavy atom. The van der Waals surface area contributed by atoms with Crippen LogP contribution in [-0.2, 0) is 24.2 Å². The number of carboxylic acid groups (broad SMARTS) is 1. The molecule has 3 rings (SSSR count). The predicted molar refractivity (Wildman–Crippen MR) is 124 cm³/mol. The lowest BCUT2D eigenvalue weighted by Gasteiger charge is -2.12. The zero-order chi connectivity index (χ0) is 24.4. The summed E-state index contributed by atoms with van der Waals surface area (Å²) in [6.45, 7) is 3.14. The Hall–Kier alpha value is -2.81. The Morgan fingerprint density at radius 3 is 2.33 bits per heavy atom. The molecule has 0 saturated carbocycles. The van der Waals surface area contributed by atoms with Gasteiger partial charge in [0.25, 0.3) is 0 Å². The van der Waals surface area contributed by atoms with Crippen molar-refractivity contribution in [2.24, 2.45) is 0 Å². The molecule has 0 unspecified atom stereocenters. The molecule has 178 valence electrons. The van der Waals surface area contributed by atoms with Crippen molar-refractivity contribution >= 4 is 21.9 Å². The third kappa shape index (κ3) is 7.92. The van der Waals surface area contributed by atoms with E-state index in [-0.39, 0.29) is 0 Å². The average molecular weight is 527 g/mol. The first-order valence-electron chi connectivity index (χ1n) is 10.4. The first-order chi connectivity index (χ1) is 15.7. The molecular weight excluding hydrogens is 501 g/mol. The number of benzene rings is 2. The molecule has 0 radical (unpaired) electrons. The predicted octanol–water partition coefficient (Wildman–Crippen LogP) is 6.54. The molecule has 9 heteroatoms. The summed E-state index contributed by atoms with van der Waals surface area (Å²) in [7, 11) is 1.73. The molecule has 1 N–H and O–H groups in total. The van der Waals surface area contributed by atoms with E-state index in [0.717, 1.165) is 35.3 Å². The number of hydrogen-bond donors (Lipinski definition) is 1. The molecular formula is C24H26BrF3N2O3. The van der Waals surface area contributed by atoms with Gasteiger partial charge >= 0.3 is 12.1 Å². The molecule has 0 aliphatic carbocycles. The highest BCUT2D eigenvalue weighted by Gasteiger charge is 2.38. The van der Waals surface area contributed by atoms with E-state index in [1.54, 1.807) is 7.11 Å². The lowest BCUT2D eigenvalue weighted by molar-refractivity contribution is -0.192. The van der Waals surface area contributed by atoms with E-state index in [0.29, 0.717) is 0 Å². The Balaban J connectivity index is 0.000000479. The number of aryl methyl sites for hydroxylation is 2. The van der Waals surface area contributed by atoms with Gasteiger partial charge in [-0.2, -0.15) is 13.2 Å². The molecule has 1 aromatic heterocycles. The van der Waals surface area contributed by atoms with Gasteiger partial charge in [-0.3, -0.25) is 0 Å². The molecule has 5 nitrogen and oxygen atoms in total. The zero-order valence-corrected chi connectivity index (χ0v) is 20.0. The van der Waals surface area contributed by atoms with Crippen LogP contribution < -0.4 is 4.74 Å². The molecule has 0 saturated heterocycles. The number of ether oxygens (including phenoxy) is 1. The maximum Gasteiger partial charge on any atom is 0.490 e.